The largest absolute Gasteiger partial charge is 0.507 e. The fourth-order valence-corrected chi connectivity index (χ4v) is 1.52. The molecule has 2 aromatic carbocycles. The Labute approximate surface area is 110 Å². The van der Waals surface area contributed by atoms with E-state index < -0.39 is 0 Å². The van der Waals surface area contributed by atoms with Crippen LogP contribution in [0.2, 0.25) is 0 Å². The highest BCUT2D eigenvalue weighted by Gasteiger charge is 2.04. The first-order chi connectivity index (χ1) is 9.18. The molecular formula is C14H14N4O. The van der Waals surface area contributed by atoms with Crippen LogP contribution >= 0.6 is 0 Å². The average Bonchev–Trinajstić information content (AvgIpc) is 2.46. The van der Waals surface area contributed by atoms with Gasteiger partial charge in [0.1, 0.15) is 5.75 Å². The number of aromatic hydroxyl groups is 1. The number of amidine groups is 2. The molecule has 0 atom stereocenters. The maximum Gasteiger partial charge on any atom is 0.157 e. The molecule has 0 amide bonds. The van der Waals surface area contributed by atoms with Crippen molar-refractivity contribution in [3.63, 3.8) is 0 Å². The summed E-state index contributed by atoms with van der Waals surface area (Å²) in [6, 6.07) is 15.9. The zero-order valence-corrected chi connectivity index (χ0v) is 10.2. The third kappa shape index (κ3) is 3.10. The second-order valence-corrected chi connectivity index (χ2v) is 3.85. The van der Waals surface area contributed by atoms with E-state index in [9.17, 15) is 5.11 Å². The van der Waals surface area contributed by atoms with E-state index in [4.69, 9.17) is 11.5 Å². The Kier molecular flexibility index (Phi) is 3.78. The summed E-state index contributed by atoms with van der Waals surface area (Å²) in [5.41, 5.74) is 12.7. The Hall–Kier alpha value is -2.82. The van der Waals surface area contributed by atoms with Crippen LogP contribution in [-0.2, 0) is 0 Å². The van der Waals surface area contributed by atoms with Gasteiger partial charge >= 0.3 is 0 Å². The summed E-state index contributed by atoms with van der Waals surface area (Å²) in [5.74, 6) is 0.424. The molecule has 0 unspecified atom stereocenters. The number of rotatable bonds is 3. The summed E-state index contributed by atoms with van der Waals surface area (Å²) < 4.78 is 0. The van der Waals surface area contributed by atoms with Crippen LogP contribution in [0.4, 0.5) is 0 Å². The van der Waals surface area contributed by atoms with Crippen molar-refractivity contribution in [3.8, 4) is 5.75 Å². The van der Waals surface area contributed by atoms with Crippen LogP contribution in [0.5, 0.6) is 5.75 Å². The van der Waals surface area contributed by atoms with Gasteiger partial charge in [-0.1, -0.05) is 42.5 Å². The monoisotopic (exact) mass is 254 g/mol. The van der Waals surface area contributed by atoms with Gasteiger partial charge in [0.05, 0.1) is 5.56 Å². The van der Waals surface area contributed by atoms with Crippen LogP contribution in [0, 0.1) is 0 Å². The number of hydrogen-bond donors (Lipinski definition) is 3. The van der Waals surface area contributed by atoms with Crippen molar-refractivity contribution in [3.05, 3.63) is 65.7 Å². The SMILES string of the molecule is N/C(=N\N=C(/N)c1ccccc1O)c1ccccc1. The number of hydrogen-bond acceptors (Lipinski definition) is 3. The standard InChI is InChI=1S/C14H14N4O/c15-13(10-6-2-1-3-7-10)17-18-14(16)11-8-4-5-9-12(11)19/h1-9,19H,(H2,15,17)(H2,16,18). The molecule has 0 fully saturated rings. The molecule has 0 saturated carbocycles. The van der Waals surface area contributed by atoms with E-state index in [1.54, 1.807) is 18.2 Å². The zero-order chi connectivity index (χ0) is 13.7. The Morgan fingerprint density at radius 3 is 2.05 bits per heavy atom. The molecule has 0 aliphatic carbocycles. The Morgan fingerprint density at radius 1 is 0.789 bits per heavy atom. The molecule has 0 bridgehead atoms. The minimum atomic E-state index is 0.0530. The molecule has 0 radical (unpaired) electrons. The third-order valence-corrected chi connectivity index (χ3v) is 2.52. The first-order valence-electron chi connectivity index (χ1n) is 5.69. The molecule has 0 saturated heterocycles. The maximum atomic E-state index is 9.62. The quantitative estimate of drug-likeness (QED) is 0.439. The number of nitrogens with zero attached hydrogens (tertiary/aromatic N) is 2. The molecule has 96 valence electrons. The summed E-state index contributed by atoms with van der Waals surface area (Å²) in [7, 11) is 0. The average molecular weight is 254 g/mol. The highest BCUT2D eigenvalue weighted by atomic mass is 16.3. The van der Waals surface area contributed by atoms with Crippen LogP contribution in [0.1, 0.15) is 11.1 Å². The summed E-state index contributed by atoms with van der Waals surface area (Å²) >= 11 is 0. The Balaban J connectivity index is 2.25. The number of para-hydroxylation sites is 1. The van der Waals surface area contributed by atoms with Gasteiger partial charge in [-0.25, -0.2) is 0 Å². The summed E-state index contributed by atoms with van der Waals surface area (Å²) in [5, 5.41) is 17.3. The van der Waals surface area contributed by atoms with E-state index in [1.807, 2.05) is 30.3 Å². The van der Waals surface area contributed by atoms with E-state index in [2.05, 4.69) is 10.2 Å². The van der Waals surface area contributed by atoms with Gasteiger partial charge in [0.15, 0.2) is 11.7 Å². The second kappa shape index (κ2) is 5.68. The molecule has 0 aromatic heterocycles. The third-order valence-electron chi connectivity index (χ3n) is 2.52. The van der Waals surface area contributed by atoms with Gasteiger partial charge in [0.25, 0.3) is 0 Å². The minimum absolute atomic E-state index is 0.0530. The second-order valence-electron chi connectivity index (χ2n) is 3.85. The fraction of sp³-hybridized carbons (Fsp3) is 0. The normalized spacial score (nSPS) is 12.4. The molecule has 0 aliphatic rings. The lowest BCUT2D eigenvalue weighted by Gasteiger charge is -2.02. The molecule has 5 nitrogen and oxygen atoms in total. The van der Waals surface area contributed by atoms with Crippen molar-refractivity contribution in [2.75, 3.05) is 0 Å². The Bertz CT molecular complexity index is 620. The van der Waals surface area contributed by atoms with Crippen molar-refractivity contribution >= 4 is 11.7 Å². The van der Waals surface area contributed by atoms with E-state index >= 15 is 0 Å². The van der Waals surface area contributed by atoms with Gasteiger partial charge in [-0.3, -0.25) is 0 Å². The van der Waals surface area contributed by atoms with Gasteiger partial charge in [-0.2, -0.15) is 0 Å². The van der Waals surface area contributed by atoms with E-state index in [1.165, 1.54) is 6.07 Å². The van der Waals surface area contributed by atoms with Gasteiger partial charge < -0.3 is 16.6 Å². The van der Waals surface area contributed by atoms with Crippen molar-refractivity contribution in [1.29, 1.82) is 0 Å². The number of benzene rings is 2. The Morgan fingerprint density at radius 2 is 1.37 bits per heavy atom. The van der Waals surface area contributed by atoms with Crippen molar-refractivity contribution in [2.45, 2.75) is 0 Å². The smallest absolute Gasteiger partial charge is 0.157 e. The summed E-state index contributed by atoms with van der Waals surface area (Å²) in [4.78, 5) is 0. The molecule has 0 heterocycles. The molecule has 2 rings (SSSR count). The molecule has 0 spiro atoms. The van der Waals surface area contributed by atoms with Gasteiger partial charge in [0.2, 0.25) is 0 Å². The highest BCUT2D eigenvalue weighted by molar-refractivity contribution is 6.01. The van der Waals surface area contributed by atoms with Gasteiger partial charge in [-0.05, 0) is 12.1 Å². The van der Waals surface area contributed by atoms with Crippen LogP contribution < -0.4 is 11.5 Å². The van der Waals surface area contributed by atoms with E-state index in [0.717, 1.165) is 5.56 Å². The topological polar surface area (TPSA) is 97.0 Å². The summed E-state index contributed by atoms with van der Waals surface area (Å²) in [6.45, 7) is 0. The van der Waals surface area contributed by atoms with Crippen molar-refractivity contribution < 1.29 is 5.11 Å². The summed E-state index contributed by atoms with van der Waals surface area (Å²) in [6.07, 6.45) is 0. The fourth-order valence-electron chi connectivity index (χ4n) is 1.52. The first-order valence-corrected chi connectivity index (χ1v) is 5.69. The highest BCUT2D eigenvalue weighted by Crippen LogP contribution is 2.14. The van der Waals surface area contributed by atoms with E-state index in [0.29, 0.717) is 5.56 Å². The molecule has 19 heavy (non-hydrogen) atoms. The minimum Gasteiger partial charge on any atom is -0.507 e. The molecule has 0 aliphatic heterocycles. The lowest BCUT2D eigenvalue weighted by molar-refractivity contribution is 0.474. The van der Waals surface area contributed by atoms with Crippen LogP contribution in [0.15, 0.2) is 64.8 Å². The van der Waals surface area contributed by atoms with Crippen LogP contribution in [0.3, 0.4) is 0 Å². The first kappa shape index (κ1) is 12.6. The maximum absolute atomic E-state index is 9.62. The molecule has 5 N–H and O–H groups in total. The number of phenols is 1. The van der Waals surface area contributed by atoms with Crippen LogP contribution in [0.25, 0.3) is 0 Å². The molecular weight excluding hydrogens is 240 g/mol. The molecule has 2 aromatic rings. The lowest BCUT2D eigenvalue weighted by Crippen LogP contribution is -2.16. The number of nitrogens with two attached hydrogens (primary N) is 2. The lowest BCUT2D eigenvalue weighted by atomic mass is 10.2. The van der Waals surface area contributed by atoms with Crippen molar-refractivity contribution in [1.82, 2.24) is 0 Å². The van der Waals surface area contributed by atoms with Gasteiger partial charge in [-0.15, -0.1) is 10.2 Å². The number of phenolic OH excluding ortho intramolecular Hbond substituents is 1. The van der Waals surface area contributed by atoms with Gasteiger partial charge in [0, 0.05) is 5.56 Å². The molecule has 5 heteroatoms. The zero-order valence-electron chi connectivity index (χ0n) is 10.2. The predicted octanol–water partition coefficient (Wildman–Crippen LogP) is 1.42. The predicted molar refractivity (Wildman–Crippen MR) is 76.0 cm³/mol. The van der Waals surface area contributed by atoms with Crippen molar-refractivity contribution in [2.24, 2.45) is 21.7 Å². The van der Waals surface area contributed by atoms with E-state index in [-0.39, 0.29) is 17.4 Å². The van der Waals surface area contributed by atoms with Crippen LogP contribution in [-0.4, -0.2) is 16.8 Å².